The number of aromatic nitrogens is 4. The highest BCUT2D eigenvalue weighted by Gasteiger charge is 2.38. The molecule has 252 valence electrons. The Morgan fingerprint density at radius 2 is 1.88 bits per heavy atom. The van der Waals surface area contributed by atoms with Crippen molar-refractivity contribution in [2.45, 2.75) is 38.3 Å². The average molecular weight is 664 g/mol. The number of hydrogen-bond donors (Lipinski definition) is 2. The Bertz CT molecular complexity index is 2000. The van der Waals surface area contributed by atoms with Crippen molar-refractivity contribution in [2.24, 2.45) is 0 Å². The zero-order valence-electron chi connectivity index (χ0n) is 27.2. The van der Waals surface area contributed by atoms with Crippen molar-refractivity contribution in [3.8, 4) is 11.3 Å². The Labute approximate surface area is 283 Å². The molecule has 9 rings (SSSR count). The van der Waals surface area contributed by atoms with Crippen LogP contribution in [0, 0.1) is 5.82 Å². The lowest BCUT2D eigenvalue weighted by Crippen LogP contribution is -2.56. The molecule has 0 atom stereocenters. The summed E-state index contributed by atoms with van der Waals surface area (Å²) in [5.74, 6) is 0.665. The fraction of sp³-hybridized carbons (Fsp3) is 0.389. The molecule has 4 aliphatic heterocycles. The van der Waals surface area contributed by atoms with Gasteiger partial charge in [-0.1, -0.05) is 0 Å². The number of carbonyl (C=O) groups is 1. The Balaban J connectivity index is 0.999. The fourth-order valence-corrected chi connectivity index (χ4v) is 7.81. The zero-order valence-corrected chi connectivity index (χ0v) is 27.2. The number of ether oxygens (including phenoxy) is 1. The first-order chi connectivity index (χ1) is 24.0. The van der Waals surface area contributed by atoms with Gasteiger partial charge in [-0.05, 0) is 49.9 Å². The van der Waals surface area contributed by atoms with E-state index in [0.29, 0.717) is 64.6 Å². The summed E-state index contributed by atoms with van der Waals surface area (Å²) < 4.78 is 22.6. The molecule has 7 heterocycles. The number of benzene rings is 1. The summed E-state index contributed by atoms with van der Waals surface area (Å²) in [5, 5.41) is 14.0. The molecule has 0 spiro atoms. The summed E-state index contributed by atoms with van der Waals surface area (Å²) in [6, 6.07) is 7.37. The first kappa shape index (κ1) is 30.2. The number of aliphatic hydroxyl groups excluding tert-OH is 1. The summed E-state index contributed by atoms with van der Waals surface area (Å²) in [6.07, 6.45) is 12.8. The number of hydrogen-bond acceptors (Lipinski definition) is 11. The van der Waals surface area contributed by atoms with Crippen LogP contribution in [0.5, 0.6) is 0 Å². The molecule has 2 fully saturated rings. The third-order valence-electron chi connectivity index (χ3n) is 10.5. The lowest BCUT2D eigenvalue weighted by atomic mass is 9.96. The van der Waals surface area contributed by atoms with Gasteiger partial charge in [-0.15, -0.1) is 0 Å². The molecule has 3 aromatic heterocycles. The Hall–Kier alpha value is -4.85. The van der Waals surface area contributed by atoms with Crippen molar-refractivity contribution in [3.05, 3.63) is 83.6 Å². The highest BCUT2D eigenvalue weighted by molar-refractivity contribution is 6.11. The van der Waals surface area contributed by atoms with Crippen LogP contribution in [0.25, 0.3) is 16.9 Å². The van der Waals surface area contributed by atoms with Crippen molar-refractivity contribution in [1.29, 1.82) is 0 Å². The third-order valence-corrected chi connectivity index (χ3v) is 10.5. The van der Waals surface area contributed by atoms with E-state index in [4.69, 9.17) is 14.7 Å². The molecular weight excluding hydrogens is 625 g/mol. The van der Waals surface area contributed by atoms with Crippen molar-refractivity contribution in [2.75, 3.05) is 67.6 Å². The minimum Gasteiger partial charge on any atom is -0.392 e. The lowest BCUT2D eigenvalue weighted by molar-refractivity contribution is -0.112. The third kappa shape index (κ3) is 5.32. The molecule has 0 amide bonds. The number of piperazine rings is 1. The van der Waals surface area contributed by atoms with E-state index >= 15 is 4.39 Å². The summed E-state index contributed by atoms with van der Waals surface area (Å²) in [7, 11) is 0. The SMILES string of the molecule is O=C1C2=CN(c3cc(F)cc(-c4cn5ccnc5c(Nc5ccc(N6CCN(C7COC7)CC6)cn5)n4)c3CO)CCN2C2=C1CCCC2. The molecule has 0 saturated carbocycles. The van der Waals surface area contributed by atoms with E-state index in [1.807, 2.05) is 27.8 Å². The monoisotopic (exact) mass is 663 g/mol. The van der Waals surface area contributed by atoms with Crippen LogP contribution in [0.4, 0.5) is 27.4 Å². The second kappa shape index (κ2) is 12.2. The van der Waals surface area contributed by atoms with E-state index in [-0.39, 0.29) is 12.4 Å². The number of imidazole rings is 1. The predicted molar refractivity (Wildman–Crippen MR) is 183 cm³/mol. The maximum Gasteiger partial charge on any atom is 0.208 e. The fourth-order valence-electron chi connectivity index (χ4n) is 7.81. The van der Waals surface area contributed by atoms with Gasteiger partial charge in [0.15, 0.2) is 11.5 Å². The molecule has 12 nitrogen and oxygen atoms in total. The van der Waals surface area contributed by atoms with Gasteiger partial charge in [-0.2, -0.15) is 0 Å². The number of Topliss-reactive ketones (excluding diaryl/α,β-unsaturated/α-hetero) is 1. The van der Waals surface area contributed by atoms with E-state index in [1.54, 1.807) is 18.6 Å². The number of rotatable bonds is 7. The normalized spacial score (nSPS) is 20.1. The highest BCUT2D eigenvalue weighted by Crippen LogP contribution is 2.41. The lowest BCUT2D eigenvalue weighted by Gasteiger charge is -2.43. The van der Waals surface area contributed by atoms with Crippen molar-refractivity contribution >= 4 is 34.4 Å². The van der Waals surface area contributed by atoms with E-state index in [9.17, 15) is 9.90 Å². The second-order valence-corrected chi connectivity index (χ2v) is 13.3. The van der Waals surface area contributed by atoms with E-state index in [2.05, 4.69) is 31.1 Å². The molecule has 0 unspecified atom stereocenters. The molecular formula is C36H38FN9O3. The number of ketones is 1. The number of allylic oxidation sites excluding steroid dienone is 2. The van der Waals surface area contributed by atoms with Gasteiger partial charge in [0.25, 0.3) is 0 Å². The van der Waals surface area contributed by atoms with Crippen LogP contribution in [0.15, 0.2) is 72.2 Å². The first-order valence-corrected chi connectivity index (χ1v) is 17.1. The van der Waals surface area contributed by atoms with Gasteiger partial charge in [0.2, 0.25) is 5.78 Å². The maximum absolute atomic E-state index is 15.4. The largest absolute Gasteiger partial charge is 0.392 e. The Kier molecular flexibility index (Phi) is 7.55. The Morgan fingerprint density at radius 1 is 1.02 bits per heavy atom. The zero-order chi connectivity index (χ0) is 33.1. The molecule has 4 aromatic rings. The molecule has 5 aliphatic rings. The van der Waals surface area contributed by atoms with Crippen molar-refractivity contribution in [3.63, 3.8) is 0 Å². The maximum atomic E-state index is 15.4. The van der Waals surface area contributed by atoms with Gasteiger partial charge < -0.3 is 34.3 Å². The second-order valence-electron chi connectivity index (χ2n) is 13.3. The first-order valence-electron chi connectivity index (χ1n) is 17.1. The summed E-state index contributed by atoms with van der Waals surface area (Å²) in [6.45, 7) is 6.39. The van der Waals surface area contributed by atoms with E-state index in [0.717, 1.165) is 82.0 Å². The van der Waals surface area contributed by atoms with Gasteiger partial charge in [-0.3, -0.25) is 9.69 Å². The number of anilines is 4. The summed E-state index contributed by atoms with van der Waals surface area (Å²) in [4.78, 5) is 36.3. The summed E-state index contributed by atoms with van der Waals surface area (Å²) >= 11 is 0. The summed E-state index contributed by atoms with van der Waals surface area (Å²) in [5.41, 5.74) is 6.31. The molecule has 0 bridgehead atoms. The number of nitrogens with zero attached hydrogens (tertiary/aromatic N) is 8. The minimum absolute atomic E-state index is 0.0632. The van der Waals surface area contributed by atoms with Crippen molar-refractivity contribution < 1.29 is 19.0 Å². The van der Waals surface area contributed by atoms with E-state index in [1.165, 1.54) is 12.1 Å². The predicted octanol–water partition coefficient (Wildman–Crippen LogP) is 4.06. The van der Waals surface area contributed by atoms with Crippen LogP contribution >= 0.6 is 0 Å². The highest BCUT2D eigenvalue weighted by atomic mass is 19.1. The average Bonchev–Trinajstić information content (AvgIpc) is 3.70. The van der Waals surface area contributed by atoms with Crippen LogP contribution in [0.1, 0.15) is 31.2 Å². The van der Waals surface area contributed by atoms with Crippen LogP contribution in [0.3, 0.4) is 0 Å². The van der Waals surface area contributed by atoms with Gasteiger partial charge in [0.05, 0.1) is 43.4 Å². The number of aliphatic hydroxyl groups is 1. The number of pyridine rings is 1. The Morgan fingerprint density at radius 3 is 2.65 bits per heavy atom. The van der Waals surface area contributed by atoms with Crippen molar-refractivity contribution in [1.82, 2.24) is 29.2 Å². The van der Waals surface area contributed by atoms with Crippen LogP contribution in [-0.2, 0) is 16.1 Å². The van der Waals surface area contributed by atoms with Gasteiger partial charge in [0.1, 0.15) is 17.3 Å². The smallest absolute Gasteiger partial charge is 0.208 e. The number of halogens is 1. The van der Waals surface area contributed by atoms with Crippen LogP contribution < -0.4 is 15.1 Å². The van der Waals surface area contributed by atoms with E-state index < -0.39 is 5.82 Å². The minimum atomic E-state index is -0.459. The molecule has 49 heavy (non-hydrogen) atoms. The van der Waals surface area contributed by atoms with Crippen LogP contribution in [-0.4, -0.2) is 98.6 Å². The number of carbonyl (C=O) groups excluding carboxylic acids is 1. The number of nitrogens with one attached hydrogen (secondary N) is 1. The quantitative estimate of drug-likeness (QED) is 0.299. The molecule has 1 aromatic carbocycles. The molecule has 2 N–H and O–H groups in total. The molecule has 1 aliphatic carbocycles. The van der Waals surface area contributed by atoms with Gasteiger partial charge in [-0.25, -0.2) is 19.3 Å². The topological polar surface area (TPSA) is 115 Å². The molecule has 0 radical (unpaired) electrons. The van der Waals surface area contributed by atoms with Gasteiger partial charge >= 0.3 is 0 Å². The number of fused-ring (bicyclic) bond motifs is 3. The standard InChI is InChI=1S/C36H38FN9O3/c37-23-15-27(28(20-47)31(16-23)44-13-14-46-30-4-2-1-3-26(30)34(48)32(46)19-44)29-18-45-8-7-38-36(45)35(40-29)41-33-6-5-24(17-39-33)42-9-11-43(12-10-42)25-21-49-22-25/h5-8,15-19,25,47H,1-4,9-14,20-22H2,(H,39,40,41). The molecule has 2 saturated heterocycles. The molecule has 13 heteroatoms. The van der Waals surface area contributed by atoms with Gasteiger partial charge in [0, 0.05) is 92.1 Å². The van der Waals surface area contributed by atoms with Crippen LogP contribution in [0.2, 0.25) is 0 Å².